The number of unbranched alkanes of at least 4 members (excludes halogenated alkanes) is 47. The number of hydrogen-bond acceptors (Lipinski definition) is 18. The summed E-state index contributed by atoms with van der Waals surface area (Å²) >= 11 is 0. The first-order valence-electron chi connectivity index (χ1n) is 42.9. The topological polar surface area (TPSA) is 307 Å². The first-order chi connectivity index (χ1) is 50.8. The molecule has 610 valence electrons. The van der Waals surface area contributed by atoms with Gasteiger partial charge >= 0.3 is 0 Å². The lowest BCUT2D eigenvalue weighted by Gasteiger charge is -2.48. The Kier molecular flexibility index (Phi) is 60.4. The fourth-order valence-corrected chi connectivity index (χ4v) is 14.5. The number of rotatable bonds is 69. The van der Waals surface area contributed by atoms with E-state index in [0.29, 0.717) is 12.8 Å². The van der Waals surface area contributed by atoms with Gasteiger partial charge in [0, 0.05) is 6.42 Å². The van der Waals surface area contributed by atoms with Crippen molar-refractivity contribution >= 4 is 5.91 Å². The highest BCUT2D eigenvalue weighted by atomic mass is 16.8. The van der Waals surface area contributed by atoms with Crippen molar-refractivity contribution in [3.05, 3.63) is 48.6 Å². The second-order valence-corrected chi connectivity index (χ2v) is 30.6. The molecule has 19 heteroatoms. The van der Waals surface area contributed by atoms with E-state index >= 15 is 0 Å². The van der Waals surface area contributed by atoms with Gasteiger partial charge in [-0.2, -0.15) is 0 Å². The second kappa shape index (κ2) is 65.5. The number of aliphatic hydroxyl groups is 11. The number of allylic oxidation sites excluding steroid dienone is 7. The Balaban J connectivity index is 1.34. The zero-order valence-electron chi connectivity index (χ0n) is 65.5. The molecule has 0 saturated carbocycles. The second-order valence-electron chi connectivity index (χ2n) is 30.6. The minimum atomic E-state index is -1.98. The zero-order valence-corrected chi connectivity index (χ0v) is 65.5. The summed E-state index contributed by atoms with van der Waals surface area (Å²) in [6.07, 6.45) is 56.9. The van der Waals surface area contributed by atoms with Crippen LogP contribution in [0, 0.1) is 0 Å². The van der Waals surface area contributed by atoms with E-state index in [1.165, 1.54) is 276 Å². The normalized spacial score (nSPS) is 26.1. The molecule has 3 saturated heterocycles. The molecule has 3 heterocycles. The van der Waals surface area contributed by atoms with Crippen LogP contribution < -0.4 is 5.32 Å². The van der Waals surface area contributed by atoms with Crippen molar-refractivity contribution in [2.24, 2.45) is 0 Å². The molecule has 12 N–H and O–H groups in total. The molecule has 3 aliphatic heterocycles. The van der Waals surface area contributed by atoms with Crippen molar-refractivity contribution < 1.29 is 89.4 Å². The van der Waals surface area contributed by atoms with Crippen LogP contribution in [0.4, 0.5) is 0 Å². The van der Waals surface area contributed by atoms with E-state index in [-0.39, 0.29) is 18.9 Å². The third kappa shape index (κ3) is 44.6. The number of nitrogens with one attached hydrogen (secondary N) is 1. The average molecular weight is 1480 g/mol. The molecule has 0 bridgehead atoms. The van der Waals surface area contributed by atoms with Crippen molar-refractivity contribution in [3.8, 4) is 0 Å². The molecule has 3 fully saturated rings. The fraction of sp³-hybridized carbons (Fsp3) is 0.894. The minimum Gasteiger partial charge on any atom is -0.394 e. The number of carbonyl (C=O) groups is 1. The number of carbonyl (C=O) groups excluding carboxylic acids is 1. The number of ether oxygens (including phenoxy) is 6. The number of amides is 1. The summed E-state index contributed by atoms with van der Waals surface area (Å²) in [5, 5.41) is 121. The van der Waals surface area contributed by atoms with Crippen molar-refractivity contribution in [3.63, 3.8) is 0 Å². The lowest BCUT2D eigenvalue weighted by Crippen LogP contribution is -2.66. The van der Waals surface area contributed by atoms with E-state index in [1.54, 1.807) is 6.08 Å². The molecule has 0 aliphatic carbocycles. The van der Waals surface area contributed by atoms with Gasteiger partial charge in [0.05, 0.1) is 38.6 Å². The van der Waals surface area contributed by atoms with E-state index in [2.05, 4.69) is 55.6 Å². The Labute approximate surface area is 631 Å². The summed E-state index contributed by atoms with van der Waals surface area (Å²) in [7, 11) is 0. The van der Waals surface area contributed by atoms with Crippen LogP contribution in [0.3, 0.4) is 0 Å². The predicted octanol–water partition coefficient (Wildman–Crippen LogP) is 15.2. The van der Waals surface area contributed by atoms with Crippen LogP contribution >= 0.6 is 0 Å². The average Bonchev–Trinajstić information content (AvgIpc) is 0.783. The van der Waals surface area contributed by atoms with Gasteiger partial charge in [-0.05, 0) is 64.2 Å². The van der Waals surface area contributed by atoms with Gasteiger partial charge in [0.1, 0.15) is 73.2 Å². The van der Waals surface area contributed by atoms with E-state index in [1.807, 2.05) is 6.08 Å². The molecule has 104 heavy (non-hydrogen) atoms. The molecule has 0 spiro atoms. The largest absolute Gasteiger partial charge is 0.394 e. The van der Waals surface area contributed by atoms with Gasteiger partial charge in [-0.25, -0.2) is 0 Å². The minimum absolute atomic E-state index is 0.239. The molecule has 0 aromatic carbocycles. The molecule has 17 atom stereocenters. The van der Waals surface area contributed by atoms with Crippen LogP contribution in [0.2, 0.25) is 0 Å². The molecule has 0 aromatic rings. The van der Waals surface area contributed by atoms with Crippen molar-refractivity contribution in [2.45, 2.75) is 458 Å². The van der Waals surface area contributed by atoms with E-state index in [4.69, 9.17) is 28.4 Å². The number of hydrogen-bond donors (Lipinski definition) is 12. The number of aliphatic hydroxyl groups excluding tert-OH is 11. The van der Waals surface area contributed by atoms with Crippen LogP contribution in [0.1, 0.15) is 354 Å². The predicted molar refractivity (Wildman–Crippen MR) is 416 cm³/mol. The first kappa shape index (κ1) is 96.0. The third-order valence-electron chi connectivity index (χ3n) is 21.3. The maximum atomic E-state index is 13.5. The van der Waals surface area contributed by atoms with E-state index in [9.17, 15) is 61.0 Å². The standard InChI is InChI=1S/C85H157NO18/c1-3-5-7-9-11-13-15-17-19-21-23-25-27-29-30-31-32-33-34-35-36-37-38-39-41-43-45-47-49-51-53-55-57-59-61-63-73(91)86-68(69(90)62-60-58-56-54-52-50-48-46-44-42-40-28-26-24-22-20-18-16-14-12-10-8-6-4-2)67-99-83-79(97)76(94)81(71(65-88)101-83)104-85-80(98)77(95)82(72(66-89)102-85)103-84-78(96)75(93)74(92)70(64-87)100-84/h15,17,21,23,52,54,60,62,68-72,74-85,87-90,92-98H,3-14,16,18-20,22,24-51,53,55-59,61,63-67H2,1-2H3,(H,86,91)/b17-15-,23-21-,54-52+,62-60+. The Hall–Kier alpha value is -2.25. The molecular weight excluding hydrogens is 1320 g/mol. The maximum Gasteiger partial charge on any atom is 0.220 e. The van der Waals surface area contributed by atoms with Crippen LogP contribution in [-0.2, 0) is 33.2 Å². The molecule has 17 unspecified atom stereocenters. The van der Waals surface area contributed by atoms with Crippen LogP contribution in [-0.4, -0.2) is 193 Å². The first-order valence-corrected chi connectivity index (χ1v) is 42.9. The summed E-state index contributed by atoms with van der Waals surface area (Å²) in [5.41, 5.74) is 0. The quantitative estimate of drug-likeness (QED) is 0.0199. The van der Waals surface area contributed by atoms with Crippen molar-refractivity contribution in [2.75, 3.05) is 26.4 Å². The molecule has 0 radical (unpaired) electrons. The summed E-state index contributed by atoms with van der Waals surface area (Å²) < 4.78 is 34.5. The van der Waals surface area contributed by atoms with Gasteiger partial charge in [0.25, 0.3) is 0 Å². The SMILES string of the molecule is CCCCCCC/C=C\C/C=C\CCCCCCCCCCCCCCCCCCCCCCCCCC(=O)NC(COC1OC(CO)C(OC2OC(CO)C(OC3OC(CO)C(O)C(O)C3O)C(O)C2O)C(O)C1O)C(O)/C=C/CC/C=C/CCCCCCCCCCCCCCCCCCCC. The molecule has 3 rings (SSSR count). The molecular formula is C85H157NO18. The highest BCUT2D eigenvalue weighted by molar-refractivity contribution is 5.76. The molecule has 3 aliphatic rings. The maximum absolute atomic E-state index is 13.5. The summed E-state index contributed by atoms with van der Waals surface area (Å²) in [5.74, 6) is -0.279. The summed E-state index contributed by atoms with van der Waals surface area (Å²) in [4.78, 5) is 13.5. The zero-order chi connectivity index (χ0) is 75.3. The van der Waals surface area contributed by atoms with E-state index in [0.717, 1.165) is 44.9 Å². The molecule has 19 nitrogen and oxygen atoms in total. The monoisotopic (exact) mass is 1480 g/mol. The lowest BCUT2D eigenvalue weighted by atomic mass is 9.96. The Morgan fingerprint density at radius 2 is 0.644 bits per heavy atom. The van der Waals surface area contributed by atoms with Gasteiger partial charge in [0.15, 0.2) is 18.9 Å². The highest BCUT2D eigenvalue weighted by Gasteiger charge is 2.54. The van der Waals surface area contributed by atoms with Gasteiger partial charge in [0.2, 0.25) is 5.91 Å². The third-order valence-corrected chi connectivity index (χ3v) is 21.3. The summed E-state index contributed by atoms with van der Waals surface area (Å²) in [6, 6.07) is -0.991. The van der Waals surface area contributed by atoms with Crippen LogP contribution in [0.5, 0.6) is 0 Å². The van der Waals surface area contributed by atoms with Crippen LogP contribution in [0.15, 0.2) is 48.6 Å². The van der Waals surface area contributed by atoms with Gasteiger partial charge in [-0.1, -0.05) is 332 Å². The Bertz CT molecular complexity index is 2060. The smallest absolute Gasteiger partial charge is 0.220 e. The van der Waals surface area contributed by atoms with E-state index < -0.39 is 124 Å². The van der Waals surface area contributed by atoms with Crippen LogP contribution in [0.25, 0.3) is 0 Å². The highest BCUT2D eigenvalue weighted by Crippen LogP contribution is 2.33. The molecule has 0 aromatic heterocycles. The van der Waals surface area contributed by atoms with Gasteiger partial charge in [-0.3, -0.25) is 4.79 Å². The summed E-state index contributed by atoms with van der Waals surface area (Å²) in [6.45, 7) is 1.76. The molecule has 1 amide bonds. The Morgan fingerprint density at radius 1 is 0.346 bits per heavy atom. The van der Waals surface area contributed by atoms with Crippen molar-refractivity contribution in [1.82, 2.24) is 5.32 Å². The Morgan fingerprint density at radius 3 is 1.02 bits per heavy atom. The van der Waals surface area contributed by atoms with Gasteiger partial charge < -0.3 is 89.9 Å². The van der Waals surface area contributed by atoms with Crippen molar-refractivity contribution in [1.29, 1.82) is 0 Å². The van der Waals surface area contributed by atoms with Gasteiger partial charge in [-0.15, -0.1) is 0 Å². The fourth-order valence-electron chi connectivity index (χ4n) is 14.5. The lowest BCUT2D eigenvalue weighted by molar-refractivity contribution is -0.379.